The fraction of sp³-hybridized carbons (Fsp3) is 0.0556. The molecule has 0 spiro atoms. The summed E-state index contributed by atoms with van der Waals surface area (Å²) in [5.74, 6) is 0.303. The van der Waals surface area contributed by atoms with E-state index in [1.165, 1.54) is 6.20 Å². The van der Waals surface area contributed by atoms with E-state index < -0.39 is 0 Å². The van der Waals surface area contributed by atoms with Crippen molar-refractivity contribution in [3.63, 3.8) is 0 Å². The Morgan fingerprint density at radius 2 is 1.70 bits per heavy atom. The molecule has 5 heteroatoms. The Morgan fingerprint density at radius 3 is 2.39 bits per heavy atom. The molecule has 114 valence electrons. The molecule has 0 bridgehead atoms. The van der Waals surface area contributed by atoms with Crippen molar-refractivity contribution in [2.45, 2.75) is 6.92 Å². The summed E-state index contributed by atoms with van der Waals surface area (Å²) in [5.41, 5.74) is 3.08. The maximum absolute atomic E-state index is 12.1. The van der Waals surface area contributed by atoms with Gasteiger partial charge in [-0.1, -0.05) is 30.3 Å². The van der Waals surface area contributed by atoms with Gasteiger partial charge in [0.05, 0.1) is 12.4 Å². The third-order valence-electron chi connectivity index (χ3n) is 3.21. The first-order valence-corrected chi connectivity index (χ1v) is 7.23. The molecular formula is C18H16N4O. The van der Waals surface area contributed by atoms with Crippen LogP contribution in [0.3, 0.4) is 0 Å². The molecule has 1 heterocycles. The predicted molar refractivity (Wildman–Crippen MR) is 90.9 cm³/mol. The molecule has 2 N–H and O–H groups in total. The molecule has 3 rings (SSSR count). The van der Waals surface area contributed by atoms with Gasteiger partial charge in [-0.25, -0.2) is 9.97 Å². The molecule has 2 aromatic carbocycles. The Labute approximate surface area is 134 Å². The first kappa shape index (κ1) is 14.7. The first-order chi connectivity index (χ1) is 11.2. The summed E-state index contributed by atoms with van der Waals surface area (Å²) >= 11 is 0. The third kappa shape index (κ3) is 3.91. The predicted octanol–water partition coefficient (Wildman–Crippen LogP) is 3.78. The maximum atomic E-state index is 12.1. The van der Waals surface area contributed by atoms with Gasteiger partial charge in [-0.3, -0.25) is 4.79 Å². The quantitative estimate of drug-likeness (QED) is 0.769. The zero-order valence-corrected chi connectivity index (χ0v) is 12.7. The van der Waals surface area contributed by atoms with E-state index in [1.807, 2.05) is 61.5 Å². The monoisotopic (exact) mass is 304 g/mol. The Bertz CT molecular complexity index is 801. The van der Waals surface area contributed by atoms with Gasteiger partial charge in [0.2, 0.25) is 0 Å². The zero-order chi connectivity index (χ0) is 16.1. The Kier molecular flexibility index (Phi) is 4.29. The van der Waals surface area contributed by atoms with E-state index in [9.17, 15) is 4.79 Å². The van der Waals surface area contributed by atoms with Gasteiger partial charge in [-0.2, -0.15) is 0 Å². The Balaban J connectivity index is 1.68. The number of carbonyl (C=O) groups is 1. The van der Waals surface area contributed by atoms with E-state index in [4.69, 9.17) is 0 Å². The SMILES string of the molecule is Cc1cccc(Nc2cnc(C(=O)Nc3ccccc3)cn2)c1. The molecule has 0 aliphatic heterocycles. The third-order valence-corrected chi connectivity index (χ3v) is 3.21. The maximum Gasteiger partial charge on any atom is 0.275 e. The average Bonchev–Trinajstić information content (AvgIpc) is 2.56. The molecule has 0 aliphatic carbocycles. The van der Waals surface area contributed by atoms with Crippen LogP contribution in [-0.4, -0.2) is 15.9 Å². The molecule has 0 fully saturated rings. The molecule has 23 heavy (non-hydrogen) atoms. The minimum absolute atomic E-state index is 0.267. The molecule has 1 aromatic heterocycles. The summed E-state index contributed by atoms with van der Waals surface area (Å²) in [6.07, 6.45) is 3.00. The molecule has 0 saturated carbocycles. The van der Waals surface area contributed by atoms with Gasteiger partial charge in [0.25, 0.3) is 5.91 Å². The van der Waals surface area contributed by atoms with E-state index in [1.54, 1.807) is 6.20 Å². The van der Waals surface area contributed by atoms with Crippen LogP contribution in [0.4, 0.5) is 17.2 Å². The molecular weight excluding hydrogens is 288 g/mol. The van der Waals surface area contributed by atoms with Crippen LogP contribution >= 0.6 is 0 Å². The van der Waals surface area contributed by atoms with Crippen molar-refractivity contribution in [1.82, 2.24) is 9.97 Å². The summed E-state index contributed by atoms with van der Waals surface area (Å²) < 4.78 is 0. The van der Waals surface area contributed by atoms with Crippen molar-refractivity contribution >= 4 is 23.1 Å². The highest BCUT2D eigenvalue weighted by Gasteiger charge is 2.08. The number of anilines is 3. The highest BCUT2D eigenvalue weighted by Crippen LogP contribution is 2.15. The standard InChI is InChI=1S/C18H16N4O/c1-13-6-5-9-15(10-13)21-17-12-19-16(11-20-17)18(23)22-14-7-3-2-4-8-14/h2-12H,1H3,(H,20,21)(H,22,23). The minimum atomic E-state index is -0.286. The number of aromatic nitrogens is 2. The first-order valence-electron chi connectivity index (χ1n) is 7.23. The summed E-state index contributed by atoms with van der Waals surface area (Å²) in [7, 11) is 0. The molecule has 0 radical (unpaired) electrons. The molecule has 3 aromatic rings. The van der Waals surface area contributed by atoms with Crippen molar-refractivity contribution < 1.29 is 4.79 Å². The lowest BCUT2D eigenvalue weighted by Crippen LogP contribution is -2.14. The number of amides is 1. The average molecular weight is 304 g/mol. The lowest BCUT2D eigenvalue weighted by molar-refractivity contribution is 0.102. The fourth-order valence-electron chi connectivity index (χ4n) is 2.10. The molecule has 0 saturated heterocycles. The smallest absolute Gasteiger partial charge is 0.275 e. The van der Waals surface area contributed by atoms with Crippen LogP contribution in [0.15, 0.2) is 67.0 Å². The minimum Gasteiger partial charge on any atom is -0.339 e. The van der Waals surface area contributed by atoms with E-state index in [-0.39, 0.29) is 11.6 Å². The molecule has 0 aliphatic rings. The van der Waals surface area contributed by atoms with Crippen LogP contribution in [0.5, 0.6) is 0 Å². The number of rotatable bonds is 4. The lowest BCUT2D eigenvalue weighted by atomic mass is 10.2. The van der Waals surface area contributed by atoms with E-state index in [2.05, 4.69) is 20.6 Å². The van der Waals surface area contributed by atoms with Crippen molar-refractivity contribution in [2.24, 2.45) is 0 Å². The normalized spacial score (nSPS) is 10.1. The van der Waals surface area contributed by atoms with Crippen LogP contribution in [0.2, 0.25) is 0 Å². The summed E-state index contributed by atoms with van der Waals surface area (Å²) in [6.45, 7) is 2.02. The number of para-hydroxylation sites is 1. The topological polar surface area (TPSA) is 66.9 Å². The van der Waals surface area contributed by atoms with Crippen LogP contribution in [0.1, 0.15) is 16.1 Å². The van der Waals surface area contributed by atoms with E-state index in [0.717, 1.165) is 16.9 Å². The van der Waals surface area contributed by atoms with Gasteiger partial charge >= 0.3 is 0 Å². The van der Waals surface area contributed by atoms with Gasteiger partial charge < -0.3 is 10.6 Å². The number of aryl methyl sites for hydroxylation is 1. The van der Waals surface area contributed by atoms with Gasteiger partial charge in [-0.05, 0) is 36.8 Å². The Morgan fingerprint density at radius 1 is 0.913 bits per heavy atom. The van der Waals surface area contributed by atoms with Crippen LogP contribution in [0.25, 0.3) is 0 Å². The van der Waals surface area contributed by atoms with E-state index in [0.29, 0.717) is 5.82 Å². The second-order valence-corrected chi connectivity index (χ2v) is 5.10. The molecule has 5 nitrogen and oxygen atoms in total. The summed E-state index contributed by atoms with van der Waals surface area (Å²) in [5, 5.41) is 5.93. The van der Waals surface area contributed by atoms with Crippen molar-refractivity contribution in [3.05, 3.63) is 78.2 Å². The van der Waals surface area contributed by atoms with Crippen LogP contribution < -0.4 is 10.6 Å². The van der Waals surface area contributed by atoms with Crippen molar-refractivity contribution in [1.29, 1.82) is 0 Å². The van der Waals surface area contributed by atoms with Crippen molar-refractivity contribution in [2.75, 3.05) is 10.6 Å². The number of benzene rings is 2. The van der Waals surface area contributed by atoms with E-state index >= 15 is 0 Å². The largest absolute Gasteiger partial charge is 0.339 e. The fourth-order valence-corrected chi connectivity index (χ4v) is 2.10. The highest BCUT2D eigenvalue weighted by atomic mass is 16.1. The second-order valence-electron chi connectivity index (χ2n) is 5.10. The zero-order valence-electron chi connectivity index (χ0n) is 12.7. The number of carbonyl (C=O) groups excluding carboxylic acids is 1. The molecule has 0 atom stereocenters. The van der Waals surface area contributed by atoms with Gasteiger partial charge in [0.1, 0.15) is 11.5 Å². The Hall–Kier alpha value is -3.21. The number of hydrogen-bond donors (Lipinski definition) is 2. The van der Waals surface area contributed by atoms with Gasteiger partial charge in [-0.15, -0.1) is 0 Å². The second kappa shape index (κ2) is 6.70. The molecule has 0 unspecified atom stereocenters. The summed E-state index contributed by atoms with van der Waals surface area (Å²) in [6, 6.07) is 17.2. The molecule has 1 amide bonds. The number of nitrogens with one attached hydrogen (secondary N) is 2. The summed E-state index contributed by atoms with van der Waals surface area (Å²) in [4.78, 5) is 20.5. The highest BCUT2D eigenvalue weighted by molar-refractivity contribution is 6.02. The van der Waals surface area contributed by atoms with Crippen molar-refractivity contribution in [3.8, 4) is 0 Å². The van der Waals surface area contributed by atoms with Crippen LogP contribution in [0, 0.1) is 6.92 Å². The number of nitrogens with zero attached hydrogens (tertiary/aromatic N) is 2. The van der Waals surface area contributed by atoms with Crippen LogP contribution in [-0.2, 0) is 0 Å². The van der Waals surface area contributed by atoms with Gasteiger partial charge in [0.15, 0.2) is 0 Å². The number of hydrogen-bond acceptors (Lipinski definition) is 4. The lowest BCUT2D eigenvalue weighted by Gasteiger charge is -2.07. The van der Waals surface area contributed by atoms with Gasteiger partial charge in [0, 0.05) is 11.4 Å².